The summed E-state index contributed by atoms with van der Waals surface area (Å²) >= 11 is 11.7. The predicted molar refractivity (Wildman–Crippen MR) is 82.7 cm³/mol. The lowest BCUT2D eigenvalue weighted by Crippen LogP contribution is -2.35. The van der Waals surface area contributed by atoms with Gasteiger partial charge in [-0.15, -0.1) is 0 Å². The van der Waals surface area contributed by atoms with Crippen LogP contribution in [-0.4, -0.2) is 17.0 Å². The SMILES string of the molecule is CC1=CC[C@@H](C(=O)O)[C@H](C(=O)Nc2ccc(Cl)c(Cl)c2)C1. The number of carboxylic acids is 1. The van der Waals surface area contributed by atoms with Crippen LogP contribution in [0.2, 0.25) is 10.0 Å². The number of amides is 1. The van der Waals surface area contributed by atoms with Crippen LogP contribution in [0.3, 0.4) is 0 Å². The number of carboxylic acid groups (broad SMARTS) is 1. The summed E-state index contributed by atoms with van der Waals surface area (Å²) < 4.78 is 0. The summed E-state index contributed by atoms with van der Waals surface area (Å²) in [6.07, 6.45) is 2.70. The maximum atomic E-state index is 12.3. The minimum Gasteiger partial charge on any atom is -0.481 e. The van der Waals surface area contributed by atoms with E-state index in [0.29, 0.717) is 28.6 Å². The molecule has 6 heteroatoms. The zero-order valence-electron chi connectivity index (χ0n) is 11.4. The van der Waals surface area contributed by atoms with Gasteiger partial charge < -0.3 is 10.4 Å². The molecular formula is C15H15Cl2NO3. The molecule has 4 nitrogen and oxygen atoms in total. The topological polar surface area (TPSA) is 66.4 Å². The minimum absolute atomic E-state index is 0.312. The smallest absolute Gasteiger partial charge is 0.307 e. The monoisotopic (exact) mass is 327 g/mol. The van der Waals surface area contributed by atoms with E-state index in [-0.39, 0.29) is 5.91 Å². The Morgan fingerprint density at radius 1 is 1.24 bits per heavy atom. The van der Waals surface area contributed by atoms with E-state index in [9.17, 15) is 14.7 Å². The molecule has 0 bridgehead atoms. The van der Waals surface area contributed by atoms with Crippen molar-refractivity contribution >= 4 is 40.8 Å². The molecule has 0 saturated heterocycles. The molecule has 2 rings (SSSR count). The molecule has 0 heterocycles. The normalized spacial score (nSPS) is 21.6. The molecule has 0 fully saturated rings. The average molecular weight is 328 g/mol. The van der Waals surface area contributed by atoms with Gasteiger partial charge in [-0.25, -0.2) is 0 Å². The highest BCUT2D eigenvalue weighted by molar-refractivity contribution is 6.42. The lowest BCUT2D eigenvalue weighted by Gasteiger charge is -2.26. The summed E-state index contributed by atoms with van der Waals surface area (Å²) in [4.78, 5) is 23.6. The lowest BCUT2D eigenvalue weighted by atomic mass is 9.79. The number of hydrogen-bond donors (Lipinski definition) is 2. The summed E-state index contributed by atoms with van der Waals surface area (Å²) in [5, 5.41) is 12.7. The van der Waals surface area contributed by atoms with Gasteiger partial charge in [0, 0.05) is 5.69 Å². The van der Waals surface area contributed by atoms with Gasteiger partial charge in [-0.3, -0.25) is 9.59 Å². The Morgan fingerprint density at radius 3 is 2.57 bits per heavy atom. The second-order valence-electron chi connectivity index (χ2n) is 5.16. The summed E-state index contributed by atoms with van der Waals surface area (Å²) in [6.45, 7) is 1.90. The van der Waals surface area contributed by atoms with Crippen LogP contribution in [0.25, 0.3) is 0 Å². The molecule has 0 saturated carbocycles. The Morgan fingerprint density at radius 2 is 1.95 bits per heavy atom. The van der Waals surface area contributed by atoms with Crippen molar-refractivity contribution in [3.63, 3.8) is 0 Å². The summed E-state index contributed by atoms with van der Waals surface area (Å²) in [5.41, 5.74) is 1.53. The Kier molecular flexibility index (Phi) is 4.91. The molecule has 0 radical (unpaired) electrons. The fourth-order valence-electron chi connectivity index (χ4n) is 2.42. The van der Waals surface area contributed by atoms with Gasteiger partial charge in [-0.1, -0.05) is 34.9 Å². The predicted octanol–water partition coefficient (Wildman–Crippen LogP) is 3.99. The lowest BCUT2D eigenvalue weighted by molar-refractivity contribution is -0.146. The highest BCUT2D eigenvalue weighted by atomic mass is 35.5. The molecule has 21 heavy (non-hydrogen) atoms. The number of halogens is 2. The van der Waals surface area contributed by atoms with Crippen molar-refractivity contribution < 1.29 is 14.7 Å². The van der Waals surface area contributed by atoms with Crippen LogP contribution in [0.15, 0.2) is 29.8 Å². The third kappa shape index (κ3) is 3.77. The van der Waals surface area contributed by atoms with Gasteiger partial charge in [0.05, 0.1) is 21.9 Å². The Hall–Kier alpha value is -1.52. The van der Waals surface area contributed by atoms with Crippen LogP contribution in [0.1, 0.15) is 19.8 Å². The van der Waals surface area contributed by atoms with E-state index in [1.807, 2.05) is 13.0 Å². The minimum atomic E-state index is -0.951. The molecule has 1 aromatic carbocycles. The second-order valence-corrected chi connectivity index (χ2v) is 5.97. The van der Waals surface area contributed by atoms with E-state index in [4.69, 9.17) is 23.2 Å². The first-order chi connectivity index (χ1) is 9.88. The number of carbonyl (C=O) groups excluding carboxylic acids is 1. The summed E-state index contributed by atoms with van der Waals surface area (Å²) in [7, 11) is 0. The van der Waals surface area contributed by atoms with Gasteiger partial charge in [0.1, 0.15) is 0 Å². The molecule has 0 unspecified atom stereocenters. The molecule has 0 aliphatic heterocycles. The van der Waals surface area contributed by atoms with Gasteiger partial charge in [-0.2, -0.15) is 0 Å². The van der Waals surface area contributed by atoms with Gasteiger partial charge in [-0.05, 0) is 38.0 Å². The average Bonchev–Trinajstić information content (AvgIpc) is 2.42. The highest BCUT2D eigenvalue weighted by Gasteiger charge is 2.35. The number of benzene rings is 1. The molecule has 0 aromatic heterocycles. The van der Waals surface area contributed by atoms with Crippen LogP contribution in [-0.2, 0) is 9.59 Å². The van der Waals surface area contributed by atoms with Crippen molar-refractivity contribution in [1.82, 2.24) is 0 Å². The fraction of sp³-hybridized carbons (Fsp3) is 0.333. The molecular weight excluding hydrogens is 313 g/mol. The number of rotatable bonds is 3. The van der Waals surface area contributed by atoms with Crippen LogP contribution in [0.4, 0.5) is 5.69 Å². The molecule has 1 aliphatic rings. The van der Waals surface area contributed by atoms with Crippen molar-refractivity contribution in [2.24, 2.45) is 11.8 Å². The Balaban J connectivity index is 2.16. The molecule has 1 aromatic rings. The Labute approximate surface area is 132 Å². The first-order valence-corrected chi connectivity index (χ1v) is 7.28. The van der Waals surface area contributed by atoms with E-state index >= 15 is 0 Å². The standard InChI is InChI=1S/C15H15Cl2NO3/c1-8-2-4-10(15(20)21)11(6-8)14(19)18-9-3-5-12(16)13(17)7-9/h2-3,5,7,10-11H,4,6H2,1H3,(H,18,19)(H,20,21)/t10-,11-/m1/s1. The molecule has 2 atom stereocenters. The molecule has 112 valence electrons. The molecule has 0 spiro atoms. The van der Waals surface area contributed by atoms with E-state index in [0.717, 1.165) is 5.57 Å². The molecule has 2 N–H and O–H groups in total. The van der Waals surface area contributed by atoms with Crippen molar-refractivity contribution in [1.29, 1.82) is 0 Å². The van der Waals surface area contributed by atoms with Gasteiger partial charge in [0.15, 0.2) is 0 Å². The third-order valence-electron chi connectivity index (χ3n) is 3.59. The van der Waals surface area contributed by atoms with Crippen molar-refractivity contribution in [3.8, 4) is 0 Å². The zero-order valence-corrected chi connectivity index (χ0v) is 12.9. The number of allylic oxidation sites excluding steroid dienone is 2. The number of nitrogens with one attached hydrogen (secondary N) is 1. The van der Waals surface area contributed by atoms with Crippen LogP contribution < -0.4 is 5.32 Å². The third-order valence-corrected chi connectivity index (χ3v) is 4.33. The van der Waals surface area contributed by atoms with E-state index in [1.165, 1.54) is 0 Å². The van der Waals surface area contributed by atoms with E-state index in [2.05, 4.69) is 5.32 Å². The number of carbonyl (C=O) groups is 2. The van der Waals surface area contributed by atoms with E-state index < -0.39 is 17.8 Å². The Bertz CT molecular complexity index is 613. The van der Waals surface area contributed by atoms with Crippen molar-refractivity contribution in [2.75, 3.05) is 5.32 Å². The quantitative estimate of drug-likeness (QED) is 0.825. The summed E-state index contributed by atoms with van der Waals surface area (Å²) in [5.74, 6) is -2.54. The highest BCUT2D eigenvalue weighted by Crippen LogP contribution is 2.31. The number of hydrogen-bond acceptors (Lipinski definition) is 2. The van der Waals surface area contributed by atoms with E-state index in [1.54, 1.807) is 18.2 Å². The number of aliphatic carboxylic acids is 1. The summed E-state index contributed by atoms with van der Waals surface area (Å²) in [6, 6.07) is 4.76. The first kappa shape index (κ1) is 15.9. The zero-order chi connectivity index (χ0) is 15.6. The van der Waals surface area contributed by atoms with Crippen LogP contribution >= 0.6 is 23.2 Å². The second kappa shape index (κ2) is 6.50. The van der Waals surface area contributed by atoms with Gasteiger partial charge >= 0.3 is 5.97 Å². The van der Waals surface area contributed by atoms with Gasteiger partial charge in [0.2, 0.25) is 5.91 Å². The number of anilines is 1. The first-order valence-electron chi connectivity index (χ1n) is 6.53. The van der Waals surface area contributed by atoms with Crippen LogP contribution in [0, 0.1) is 11.8 Å². The maximum absolute atomic E-state index is 12.3. The molecule has 1 amide bonds. The largest absolute Gasteiger partial charge is 0.481 e. The van der Waals surface area contributed by atoms with Crippen molar-refractivity contribution in [2.45, 2.75) is 19.8 Å². The van der Waals surface area contributed by atoms with Crippen LogP contribution in [0.5, 0.6) is 0 Å². The van der Waals surface area contributed by atoms with Gasteiger partial charge in [0.25, 0.3) is 0 Å². The fourth-order valence-corrected chi connectivity index (χ4v) is 2.72. The molecule has 1 aliphatic carbocycles. The van der Waals surface area contributed by atoms with Crippen molar-refractivity contribution in [3.05, 3.63) is 39.9 Å². The maximum Gasteiger partial charge on any atom is 0.307 e.